The van der Waals surface area contributed by atoms with Crippen molar-refractivity contribution in [3.63, 3.8) is 0 Å². The van der Waals surface area contributed by atoms with Gasteiger partial charge in [0.25, 0.3) is 0 Å². The minimum atomic E-state index is -0.739. The summed E-state index contributed by atoms with van der Waals surface area (Å²) in [6.45, 7) is 7.36. The van der Waals surface area contributed by atoms with Crippen molar-refractivity contribution in [3.8, 4) is 0 Å². The van der Waals surface area contributed by atoms with Gasteiger partial charge in [0.1, 0.15) is 11.4 Å². The van der Waals surface area contributed by atoms with Gasteiger partial charge in [0.15, 0.2) is 0 Å². The van der Waals surface area contributed by atoms with Gasteiger partial charge >= 0.3 is 5.97 Å². The number of nitrogens with zero attached hydrogens (tertiary/aromatic N) is 1. The lowest BCUT2D eigenvalue weighted by molar-refractivity contribution is -0.150. The van der Waals surface area contributed by atoms with Crippen molar-refractivity contribution in [3.05, 3.63) is 30.1 Å². The Labute approximate surface area is 126 Å². The molecular formula is C16H25FN2O2. The highest BCUT2D eigenvalue weighted by molar-refractivity contribution is 5.80. The smallest absolute Gasteiger partial charge is 0.326 e. The first kappa shape index (κ1) is 17.4. The molecule has 0 amide bonds. The van der Waals surface area contributed by atoms with Crippen molar-refractivity contribution in [2.45, 2.75) is 32.7 Å². The van der Waals surface area contributed by atoms with Crippen LogP contribution < -0.4 is 10.2 Å². The number of hydrogen-bond donors (Lipinski definition) is 1. The third-order valence-electron chi connectivity index (χ3n) is 3.71. The van der Waals surface area contributed by atoms with Gasteiger partial charge in [0.05, 0.1) is 6.61 Å². The van der Waals surface area contributed by atoms with Crippen molar-refractivity contribution in [2.75, 3.05) is 31.6 Å². The topological polar surface area (TPSA) is 41.6 Å². The summed E-state index contributed by atoms with van der Waals surface area (Å²) < 4.78 is 18.4. The van der Waals surface area contributed by atoms with E-state index in [9.17, 15) is 9.18 Å². The fourth-order valence-electron chi connectivity index (χ4n) is 2.12. The molecule has 1 atom stereocenters. The lowest BCUT2D eigenvalue weighted by Gasteiger charge is -2.31. The first-order valence-corrected chi connectivity index (χ1v) is 7.33. The number of carbonyl (C=O) groups is 1. The van der Waals surface area contributed by atoms with E-state index in [4.69, 9.17) is 4.74 Å². The number of likely N-dealkylation sites (N-methyl/N-ethyl adjacent to an activating group) is 1. The van der Waals surface area contributed by atoms with E-state index >= 15 is 0 Å². The zero-order chi connectivity index (χ0) is 15.9. The summed E-state index contributed by atoms with van der Waals surface area (Å²) in [5, 5.41) is 3.03. The largest absolute Gasteiger partial charge is 0.465 e. The van der Waals surface area contributed by atoms with Crippen LogP contribution in [0.25, 0.3) is 0 Å². The Kier molecular flexibility index (Phi) is 6.62. The molecule has 1 unspecified atom stereocenters. The average molecular weight is 296 g/mol. The molecule has 0 spiro atoms. The van der Waals surface area contributed by atoms with Crippen LogP contribution in [-0.2, 0) is 9.53 Å². The number of carbonyl (C=O) groups excluding carboxylic acids is 1. The third kappa shape index (κ3) is 4.70. The highest BCUT2D eigenvalue weighted by atomic mass is 19.1. The lowest BCUT2D eigenvalue weighted by Crippen LogP contribution is -2.50. The second kappa shape index (κ2) is 7.98. The predicted octanol–water partition coefficient (Wildman–Crippen LogP) is 2.58. The average Bonchev–Trinajstić information content (AvgIpc) is 2.48. The number of esters is 1. The van der Waals surface area contributed by atoms with Gasteiger partial charge in [-0.2, -0.15) is 0 Å². The molecule has 1 rings (SSSR count). The molecule has 0 aliphatic heterocycles. The molecule has 0 aliphatic rings. The quantitative estimate of drug-likeness (QED) is 0.749. The van der Waals surface area contributed by atoms with E-state index in [2.05, 4.69) is 5.32 Å². The number of benzene rings is 1. The molecule has 1 aromatic rings. The summed E-state index contributed by atoms with van der Waals surface area (Å²) in [6, 6.07) is 6.49. The fourth-order valence-corrected chi connectivity index (χ4v) is 2.12. The number of halogens is 1. The molecule has 0 aliphatic carbocycles. The van der Waals surface area contributed by atoms with E-state index in [1.165, 1.54) is 12.1 Å². The minimum Gasteiger partial charge on any atom is -0.465 e. The molecule has 0 bridgehead atoms. The van der Waals surface area contributed by atoms with Crippen LogP contribution in [0.3, 0.4) is 0 Å². The maximum atomic E-state index is 13.3. The summed E-state index contributed by atoms with van der Waals surface area (Å²) in [5.41, 5.74) is 0.0799. The number of anilines is 1. The molecule has 1 N–H and O–H groups in total. The van der Waals surface area contributed by atoms with Crippen LogP contribution in [0.2, 0.25) is 0 Å². The van der Waals surface area contributed by atoms with Gasteiger partial charge < -0.3 is 15.0 Å². The second-order valence-corrected chi connectivity index (χ2v) is 5.11. The summed E-state index contributed by atoms with van der Waals surface area (Å²) in [4.78, 5) is 14.1. The number of hydrogen-bond acceptors (Lipinski definition) is 4. The lowest BCUT2D eigenvalue weighted by atomic mass is 9.97. The Balaban J connectivity index is 2.75. The van der Waals surface area contributed by atoms with E-state index in [0.717, 1.165) is 12.2 Å². The van der Waals surface area contributed by atoms with E-state index in [1.54, 1.807) is 20.0 Å². The molecule has 0 fully saturated rings. The number of rotatable bonds is 8. The van der Waals surface area contributed by atoms with Crippen LogP contribution in [0.1, 0.15) is 27.2 Å². The SMILES string of the molecule is CCOC(=O)C(C)(CCN(CC)c1cccc(F)c1)NC. The molecule has 4 nitrogen and oxygen atoms in total. The first-order valence-electron chi connectivity index (χ1n) is 7.33. The Morgan fingerprint density at radius 1 is 1.43 bits per heavy atom. The molecule has 0 aromatic heterocycles. The molecule has 5 heteroatoms. The normalized spacial score (nSPS) is 13.6. The van der Waals surface area contributed by atoms with Crippen LogP contribution in [-0.4, -0.2) is 38.3 Å². The summed E-state index contributed by atoms with van der Waals surface area (Å²) in [6.07, 6.45) is 0.576. The Hall–Kier alpha value is -1.62. The zero-order valence-electron chi connectivity index (χ0n) is 13.3. The highest BCUT2D eigenvalue weighted by Crippen LogP contribution is 2.19. The van der Waals surface area contributed by atoms with Crippen molar-refractivity contribution in [1.82, 2.24) is 5.32 Å². The molecule has 1 aromatic carbocycles. The first-order chi connectivity index (χ1) is 9.96. The molecule has 0 saturated carbocycles. The van der Waals surface area contributed by atoms with Gasteiger partial charge in [-0.25, -0.2) is 4.39 Å². The van der Waals surface area contributed by atoms with Crippen LogP contribution >= 0.6 is 0 Å². The summed E-state index contributed by atoms with van der Waals surface area (Å²) in [5.74, 6) is -0.518. The van der Waals surface area contributed by atoms with Crippen LogP contribution in [0.15, 0.2) is 24.3 Å². The third-order valence-corrected chi connectivity index (χ3v) is 3.71. The molecular weight excluding hydrogens is 271 g/mol. The molecule has 0 saturated heterocycles. The maximum absolute atomic E-state index is 13.3. The van der Waals surface area contributed by atoms with Gasteiger partial charge in [0, 0.05) is 18.8 Å². The standard InChI is InChI=1S/C16H25FN2O2/c1-5-19(14-9-7-8-13(17)12-14)11-10-16(3,18-4)15(20)21-6-2/h7-9,12,18H,5-6,10-11H2,1-4H3. The zero-order valence-corrected chi connectivity index (χ0v) is 13.3. The van der Waals surface area contributed by atoms with Gasteiger partial charge in [-0.05, 0) is 52.4 Å². The fraction of sp³-hybridized carbons (Fsp3) is 0.562. The van der Waals surface area contributed by atoms with Crippen molar-refractivity contribution < 1.29 is 13.9 Å². The van der Waals surface area contributed by atoms with E-state index in [-0.39, 0.29) is 11.8 Å². The minimum absolute atomic E-state index is 0.257. The van der Waals surface area contributed by atoms with Gasteiger partial charge in [-0.3, -0.25) is 4.79 Å². The monoisotopic (exact) mass is 296 g/mol. The van der Waals surface area contributed by atoms with Gasteiger partial charge in [-0.15, -0.1) is 0 Å². The molecule has 118 valence electrons. The number of nitrogens with one attached hydrogen (secondary N) is 1. The second-order valence-electron chi connectivity index (χ2n) is 5.11. The Bertz CT molecular complexity index is 467. The molecule has 0 heterocycles. The van der Waals surface area contributed by atoms with Gasteiger partial charge in [-0.1, -0.05) is 6.07 Å². The van der Waals surface area contributed by atoms with Gasteiger partial charge in [0.2, 0.25) is 0 Å². The number of ether oxygens (including phenoxy) is 1. The van der Waals surface area contributed by atoms with Crippen molar-refractivity contribution in [1.29, 1.82) is 0 Å². The van der Waals surface area contributed by atoms with Crippen molar-refractivity contribution in [2.24, 2.45) is 0 Å². The molecule has 0 radical (unpaired) electrons. The summed E-state index contributed by atoms with van der Waals surface area (Å²) in [7, 11) is 1.75. The van der Waals surface area contributed by atoms with Crippen LogP contribution in [0, 0.1) is 5.82 Å². The van der Waals surface area contributed by atoms with Crippen LogP contribution in [0.5, 0.6) is 0 Å². The van der Waals surface area contributed by atoms with E-state index in [1.807, 2.05) is 24.8 Å². The Morgan fingerprint density at radius 2 is 2.14 bits per heavy atom. The Morgan fingerprint density at radius 3 is 2.67 bits per heavy atom. The predicted molar refractivity (Wildman–Crippen MR) is 83.0 cm³/mol. The van der Waals surface area contributed by atoms with Crippen molar-refractivity contribution >= 4 is 11.7 Å². The summed E-state index contributed by atoms with van der Waals surface area (Å²) >= 11 is 0. The van der Waals surface area contributed by atoms with Crippen LogP contribution in [0.4, 0.5) is 10.1 Å². The molecule has 21 heavy (non-hydrogen) atoms. The maximum Gasteiger partial charge on any atom is 0.326 e. The van der Waals surface area contributed by atoms with E-state index < -0.39 is 5.54 Å². The van der Waals surface area contributed by atoms with E-state index in [0.29, 0.717) is 19.6 Å². The highest BCUT2D eigenvalue weighted by Gasteiger charge is 2.33.